The summed E-state index contributed by atoms with van der Waals surface area (Å²) in [6.07, 6.45) is 0. The third kappa shape index (κ3) is 2.62. The first-order valence-corrected chi connectivity index (χ1v) is 4.86. The van der Waals surface area contributed by atoms with Crippen LogP contribution in [0.3, 0.4) is 0 Å². The Morgan fingerprint density at radius 2 is 2.20 bits per heavy atom. The quantitative estimate of drug-likeness (QED) is 0.722. The summed E-state index contributed by atoms with van der Waals surface area (Å²) in [5, 5.41) is 2.62. The average Bonchev–Trinajstić information content (AvgIpc) is 2.26. The molecule has 1 rings (SSSR count). The first-order chi connectivity index (χ1) is 7.06. The minimum absolute atomic E-state index is 0.0140. The van der Waals surface area contributed by atoms with Gasteiger partial charge in [-0.15, -0.1) is 0 Å². The van der Waals surface area contributed by atoms with Crippen LogP contribution in [0.25, 0.3) is 0 Å². The van der Waals surface area contributed by atoms with Crippen LogP contribution < -0.4 is 16.0 Å². The second-order valence-electron chi connectivity index (χ2n) is 3.50. The maximum absolute atomic E-state index is 11.4. The molecule has 82 valence electrons. The maximum atomic E-state index is 11.4. The van der Waals surface area contributed by atoms with Crippen molar-refractivity contribution in [3.05, 3.63) is 24.3 Å². The molecular formula is C11H17N3O. The van der Waals surface area contributed by atoms with Crippen molar-refractivity contribution in [1.82, 2.24) is 5.32 Å². The highest BCUT2D eigenvalue weighted by Gasteiger charge is 2.16. The van der Waals surface area contributed by atoms with E-state index in [1.54, 1.807) is 7.05 Å². The summed E-state index contributed by atoms with van der Waals surface area (Å²) in [4.78, 5) is 13.3. The Labute approximate surface area is 90.1 Å². The normalized spacial score (nSPS) is 11.9. The second-order valence-corrected chi connectivity index (χ2v) is 3.50. The zero-order chi connectivity index (χ0) is 11.4. The van der Waals surface area contributed by atoms with Gasteiger partial charge in [-0.05, 0) is 25.1 Å². The molecule has 1 amide bonds. The Balaban J connectivity index is 2.84. The Morgan fingerprint density at radius 3 is 2.73 bits per heavy atom. The van der Waals surface area contributed by atoms with Crippen LogP contribution in [-0.2, 0) is 4.79 Å². The minimum Gasteiger partial charge on any atom is -0.399 e. The summed E-state index contributed by atoms with van der Waals surface area (Å²) in [5.41, 5.74) is 7.31. The zero-order valence-corrected chi connectivity index (χ0v) is 9.32. The molecule has 0 fully saturated rings. The number of benzene rings is 1. The molecule has 0 saturated heterocycles. The molecule has 1 aromatic carbocycles. The molecule has 0 aliphatic heterocycles. The van der Waals surface area contributed by atoms with Crippen LogP contribution in [0, 0.1) is 0 Å². The molecule has 0 spiro atoms. The first kappa shape index (κ1) is 11.4. The van der Waals surface area contributed by atoms with Gasteiger partial charge in [0.2, 0.25) is 5.91 Å². The summed E-state index contributed by atoms with van der Waals surface area (Å²) < 4.78 is 0. The van der Waals surface area contributed by atoms with Gasteiger partial charge in [-0.1, -0.05) is 6.07 Å². The number of rotatable bonds is 3. The van der Waals surface area contributed by atoms with Crippen LogP contribution in [-0.4, -0.2) is 26.0 Å². The van der Waals surface area contributed by atoms with Gasteiger partial charge in [-0.3, -0.25) is 4.79 Å². The first-order valence-electron chi connectivity index (χ1n) is 4.86. The summed E-state index contributed by atoms with van der Waals surface area (Å²) in [7, 11) is 3.50. The van der Waals surface area contributed by atoms with E-state index in [-0.39, 0.29) is 11.9 Å². The van der Waals surface area contributed by atoms with Crippen molar-refractivity contribution >= 4 is 17.3 Å². The molecule has 0 aliphatic carbocycles. The third-order valence-electron chi connectivity index (χ3n) is 2.48. The summed E-state index contributed by atoms with van der Waals surface area (Å²) in [6, 6.07) is 7.26. The number of carbonyl (C=O) groups is 1. The average molecular weight is 207 g/mol. The van der Waals surface area contributed by atoms with Crippen LogP contribution in [0.1, 0.15) is 6.92 Å². The molecule has 1 unspecified atom stereocenters. The number of nitrogens with two attached hydrogens (primary N) is 1. The van der Waals surface area contributed by atoms with Crippen LogP contribution >= 0.6 is 0 Å². The molecule has 0 aromatic heterocycles. The second kappa shape index (κ2) is 4.68. The molecular weight excluding hydrogens is 190 g/mol. The van der Waals surface area contributed by atoms with E-state index in [2.05, 4.69) is 5.32 Å². The fourth-order valence-corrected chi connectivity index (χ4v) is 1.35. The third-order valence-corrected chi connectivity index (χ3v) is 2.48. The maximum Gasteiger partial charge on any atom is 0.242 e. The van der Waals surface area contributed by atoms with E-state index in [0.717, 1.165) is 5.69 Å². The Morgan fingerprint density at radius 1 is 1.53 bits per heavy atom. The van der Waals surface area contributed by atoms with Gasteiger partial charge in [0.1, 0.15) is 6.04 Å². The van der Waals surface area contributed by atoms with E-state index in [1.807, 2.05) is 43.1 Å². The van der Waals surface area contributed by atoms with Crippen LogP contribution in [0.4, 0.5) is 11.4 Å². The van der Waals surface area contributed by atoms with Crippen molar-refractivity contribution < 1.29 is 4.79 Å². The fraction of sp³-hybridized carbons (Fsp3) is 0.364. The monoisotopic (exact) mass is 207 g/mol. The topological polar surface area (TPSA) is 58.4 Å². The molecule has 0 heterocycles. The molecule has 0 aliphatic rings. The van der Waals surface area contributed by atoms with Crippen molar-refractivity contribution in [3.63, 3.8) is 0 Å². The molecule has 4 heteroatoms. The van der Waals surface area contributed by atoms with E-state index >= 15 is 0 Å². The number of amides is 1. The van der Waals surface area contributed by atoms with Gasteiger partial charge in [-0.25, -0.2) is 0 Å². The lowest BCUT2D eigenvalue weighted by molar-refractivity contribution is -0.121. The van der Waals surface area contributed by atoms with Gasteiger partial charge < -0.3 is 16.0 Å². The number of carbonyl (C=O) groups excluding carboxylic acids is 1. The largest absolute Gasteiger partial charge is 0.399 e. The summed E-state index contributed by atoms with van der Waals surface area (Å²) in [6.45, 7) is 1.85. The standard InChI is InChI=1S/C11H17N3O/c1-8(11(15)13-2)14(3)10-6-4-5-9(12)7-10/h4-8H,12H2,1-3H3,(H,13,15). The smallest absolute Gasteiger partial charge is 0.242 e. The van der Waals surface area contributed by atoms with Crippen LogP contribution in [0.15, 0.2) is 24.3 Å². The molecule has 1 aromatic rings. The Hall–Kier alpha value is -1.71. The van der Waals surface area contributed by atoms with E-state index in [0.29, 0.717) is 5.69 Å². The lowest BCUT2D eigenvalue weighted by Crippen LogP contribution is -2.41. The molecule has 4 nitrogen and oxygen atoms in total. The number of likely N-dealkylation sites (N-methyl/N-ethyl adjacent to an activating group) is 2. The molecule has 1 atom stereocenters. The van der Waals surface area contributed by atoms with Crippen LogP contribution in [0.2, 0.25) is 0 Å². The van der Waals surface area contributed by atoms with Crippen molar-refractivity contribution in [3.8, 4) is 0 Å². The SMILES string of the molecule is CNC(=O)C(C)N(C)c1cccc(N)c1. The molecule has 0 radical (unpaired) electrons. The molecule has 0 saturated carbocycles. The number of hydrogen-bond acceptors (Lipinski definition) is 3. The van der Waals surface area contributed by atoms with E-state index in [1.165, 1.54) is 0 Å². The zero-order valence-electron chi connectivity index (χ0n) is 9.32. The highest BCUT2D eigenvalue weighted by molar-refractivity contribution is 5.84. The Bertz CT molecular complexity index is 351. The molecule has 0 bridgehead atoms. The number of nitrogens with zero attached hydrogens (tertiary/aromatic N) is 1. The molecule has 15 heavy (non-hydrogen) atoms. The number of nitrogen functional groups attached to an aromatic ring is 1. The van der Waals surface area contributed by atoms with E-state index in [4.69, 9.17) is 5.73 Å². The van der Waals surface area contributed by atoms with Gasteiger partial charge >= 0.3 is 0 Å². The minimum atomic E-state index is -0.211. The van der Waals surface area contributed by atoms with Gasteiger partial charge in [0.25, 0.3) is 0 Å². The highest BCUT2D eigenvalue weighted by Crippen LogP contribution is 2.17. The summed E-state index contributed by atoms with van der Waals surface area (Å²) >= 11 is 0. The van der Waals surface area contributed by atoms with Crippen molar-refractivity contribution in [2.75, 3.05) is 24.7 Å². The van der Waals surface area contributed by atoms with Gasteiger partial charge in [-0.2, -0.15) is 0 Å². The Kier molecular flexibility index (Phi) is 3.55. The summed E-state index contributed by atoms with van der Waals surface area (Å²) in [5.74, 6) is -0.0140. The lowest BCUT2D eigenvalue weighted by atomic mass is 10.2. The number of hydrogen-bond donors (Lipinski definition) is 2. The van der Waals surface area contributed by atoms with Crippen molar-refractivity contribution in [1.29, 1.82) is 0 Å². The highest BCUT2D eigenvalue weighted by atomic mass is 16.2. The predicted molar refractivity (Wildman–Crippen MR) is 62.8 cm³/mol. The van der Waals surface area contributed by atoms with Crippen molar-refractivity contribution in [2.24, 2.45) is 0 Å². The number of nitrogens with one attached hydrogen (secondary N) is 1. The van der Waals surface area contributed by atoms with E-state index < -0.39 is 0 Å². The molecule has 3 N–H and O–H groups in total. The lowest BCUT2D eigenvalue weighted by Gasteiger charge is -2.25. The van der Waals surface area contributed by atoms with E-state index in [9.17, 15) is 4.79 Å². The van der Waals surface area contributed by atoms with Crippen LogP contribution in [0.5, 0.6) is 0 Å². The van der Waals surface area contributed by atoms with Gasteiger partial charge in [0, 0.05) is 25.5 Å². The number of anilines is 2. The van der Waals surface area contributed by atoms with Gasteiger partial charge in [0.05, 0.1) is 0 Å². The fourth-order valence-electron chi connectivity index (χ4n) is 1.35. The van der Waals surface area contributed by atoms with Crippen molar-refractivity contribution in [2.45, 2.75) is 13.0 Å². The predicted octanol–water partition coefficient (Wildman–Crippen LogP) is 0.839. The van der Waals surface area contributed by atoms with Gasteiger partial charge in [0.15, 0.2) is 0 Å².